The minimum absolute atomic E-state index is 0.00907. The highest BCUT2D eigenvalue weighted by Gasteiger charge is 2.50. The number of carbonyl (C=O) groups excluding carboxylic acids is 1. The smallest absolute Gasteiger partial charge is 0.307 e. The number of rotatable bonds is 3. The highest BCUT2D eigenvalue weighted by molar-refractivity contribution is 5.89. The molecule has 2 atom stereocenters. The Morgan fingerprint density at radius 3 is 2.21 bits per heavy atom. The number of hydrogen-bond acceptors (Lipinski definition) is 2. The normalized spacial score (nSPS) is 24.9. The Labute approximate surface area is 112 Å². The van der Waals surface area contributed by atoms with Gasteiger partial charge in [-0.2, -0.15) is 0 Å². The first-order valence-electron chi connectivity index (χ1n) is 6.64. The minimum Gasteiger partial charge on any atom is -0.481 e. The molecule has 0 radical (unpaired) electrons. The third-order valence-electron chi connectivity index (χ3n) is 4.35. The Balaban J connectivity index is 1.65. The fraction of sp³-hybridized carbons (Fsp3) is 0.467. The van der Waals surface area contributed by atoms with Crippen LogP contribution in [0.3, 0.4) is 0 Å². The number of likely N-dealkylation sites (N-methyl/N-ethyl adjacent to an activating group) is 1. The summed E-state index contributed by atoms with van der Waals surface area (Å²) in [6.45, 7) is 0. The van der Waals surface area contributed by atoms with E-state index in [4.69, 9.17) is 5.11 Å². The molecule has 0 bridgehead atoms. The number of carboxylic acids is 1. The van der Waals surface area contributed by atoms with E-state index in [9.17, 15) is 9.59 Å². The zero-order valence-corrected chi connectivity index (χ0v) is 10.9. The maximum atomic E-state index is 12.2. The summed E-state index contributed by atoms with van der Waals surface area (Å²) in [6.07, 6.45) is 2.25. The van der Waals surface area contributed by atoms with Gasteiger partial charge >= 0.3 is 5.97 Å². The third-order valence-corrected chi connectivity index (χ3v) is 4.35. The lowest BCUT2D eigenvalue weighted by Gasteiger charge is -2.24. The van der Waals surface area contributed by atoms with Gasteiger partial charge in [-0.15, -0.1) is 0 Å². The number of nitrogens with zero attached hydrogens (tertiary/aromatic N) is 1. The standard InChI is InChI=1S/C15H17NO3/c1-16(14(17)12-8-13(12)15(18)19)11-6-9-4-2-3-5-10(9)7-11/h2-5,11-13H,6-8H2,1H3,(H,18,19)/t12-,13+/m0/s1. The Hall–Kier alpha value is -1.84. The average Bonchev–Trinajstić information content (AvgIpc) is 3.09. The molecule has 1 aromatic carbocycles. The van der Waals surface area contributed by atoms with Gasteiger partial charge in [0.15, 0.2) is 0 Å². The second-order valence-corrected chi connectivity index (χ2v) is 5.57. The van der Waals surface area contributed by atoms with Crippen molar-refractivity contribution in [2.24, 2.45) is 11.8 Å². The van der Waals surface area contributed by atoms with Gasteiger partial charge < -0.3 is 10.0 Å². The second-order valence-electron chi connectivity index (χ2n) is 5.57. The van der Waals surface area contributed by atoms with Crippen LogP contribution in [0.5, 0.6) is 0 Å². The number of fused-ring (bicyclic) bond motifs is 1. The molecule has 0 saturated heterocycles. The predicted octanol–water partition coefficient (Wildman–Crippen LogP) is 1.33. The van der Waals surface area contributed by atoms with E-state index in [1.807, 2.05) is 12.1 Å². The number of benzene rings is 1. The number of carboxylic acid groups (broad SMARTS) is 1. The predicted molar refractivity (Wildman–Crippen MR) is 69.6 cm³/mol. The molecule has 1 amide bonds. The Bertz CT molecular complexity index is 515. The van der Waals surface area contributed by atoms with Crippen LogP contribution in [0.25, 0.3) is 0 Å². The maximum Gasteiger partial charge on any atom is 0.307 e. The summed E-state index contributed by atoms with van der Waals surface area (Å²) >= 11 is 0. The molecule has 1 N–H and O–H groups in total. The second kappa shape index (κ2) is 4.37. The molecule has 0 aromatic heterocycles. The lowest BCUT2D eigenvalue weighted by Crippen LogP contribution is -2.39. The molecule has 0 aliphatic heterocycles. The molecule has 3 rings (SSSR count). The van der Waals surface area contributed by atoms with E-state index in [0.29, 0.717) is 6.42 Å². The Kier molecular flexibility index (Phi) is 2.81. The van der Waals surface area contributed by atoms with Gasteiger partial charge in [-0.1, -0.05) is 24.3 Å². The quantitative estimate of drug-likeness (QED) is 0.891. The van der Waals surface area contributed by atoms with Gasteiger partial charge in [-0.3, -0.25) is 9.59 Å². The molecule has 100 valence electrons. The molecule has 1 saturated carbocycles. The van der Waals surface area contributed by atoms with Gasteiger partial charge in [0.1, 0.15) is 0 Å². The molecule has 2 aliphatic rings. The van der Waals surface area contributed by atoms with Crippen molar-refractivity contribution >= 4 is 11.9 Å². The molecule has 0 unspecified atom stereocenters. The molecule has 1 aromatic rings. The van der Waals surface area contributed by atoms with Gasteiger partial charge in [-0.25, -0.2) is 0 Å². The van der Waals surface area contributed by atoms with Gasteiger partial charge in [0, 0.05) is 13.1 Å². The summed E-state index contributed by atoms with van der Waals surface area (Å²) < 4.78 is 0. The summed E-state index contributed by atoms with van der Waals surface area (Å²) in [5, 5.41) is 8.89. The van der Waals surface area contributed by atoms with Gasteiger partial charge in [0.2, 0.25) is 5.91 Å². The fourth-order valence-corrected chi connectivity index (χ4v) is 2.99. The monoisotopic (exact) mass is 259 g/mol. The van der Waals surface area contributed by atoms with E-state index in [1.165, 1.54) is 11.1 Å². The van der Waals surface area contributed by atoms with Crippen molar-refractivity contribution in [3.8, 4) is 0 Å². The van der Waals surface area contributed by atoms with Crippen LogP contribution in [-0.2, 0) is 22.4 Å². The van der Waals surface area contributed by atoms with Crippen LogP contribution >= 0.6 is 0 Å². The first-order chi connectivity index (χ1) is 9.08. The van der Waals surface area contributed by atoms with Crippen LogP contribution in [0.4, 0.5) is 0 Å². The summed E-state index contributed by atoms with van der Waals surface area (Å²) in [6, 6.07) is 8.42. The van der Waals surface area contributed by atoms with Crippen molar-refractivity contribution in [1.29, 1.82) is 0 Å². The molecule has 0 heterocycles. The lowest BCUT2D eigenvalue weighted by atomic mass is 10.1. The molecule has 19 heavy (non-hydrogen) atoms. The lowest BCUT2D eigenvalue weighted by molar-refractivity contribution is -0.142. The topological polar surface area (TPSA) is 57.6 Å². The van der Waals surface area contributed by atoms with Crippen molar-refractivity contribution in [1.82, 2.24) is 4.90 Å². The summed E-state index contributed by atoms with van der Waals surface area (Å²) in [4.78, 5) is 24.8. The maximum absolute atomic E-state index is 12.2. The van der Waals surface area contributed by atoms with Crippen LogP contribution in [-0.4, -0.2) is 35.0 Å². The molecule has 4 heteroatoms. The molecular formula is C15H17NO3. The Morgan fingerprint density at radius 1 is 1.16 bits per heavy atom. The molecule has 2 aliphatic carbocycles. The van der Waals surface area contributed by atoms with Crippen LogP contribution in [0.2, 0.25) is 0 Å². The average molecular weight is 259 g/mol. The van der Waals surface area contributed by atoms with E-state index in [-0.39, 0.29) is 17.9 Å². The van der Waals surface area contributed by atoms with Crippen molar-refractivity contribution in [2.75, 3.05) is 7.05 Å². The van der Waals surface area contributed by atoms with Gasteiger partial charge in [0.25, 0.3) is 0 Å². The van der Waals surface area contributed by atoms with E-state index in [0.717, 1.165) is 12.8 Å². The number of amides is 1. The summed E-state index contributed by atoms with van der Waals surface area (Å²) in [5.74, 6) is -1.61. The molecule has 1 fully saturated rings. The van der Waals surface area contributed by atoms with Crippen LogP contribution in [0, 0.1) is 11.8 Å². The van der Waals surface area contributed by atoms with Crippen molar-refractivity contribution < 1.29 is 14.7 Å². The van der Waals surface area contributed by atoms with E-state index in [2.05, 4.69) is 12.1 Å². The van der Waals surface area contributed by atoms with E-state index in [1.54, 1.807) is 11.9 Å². The SMILES string of the molecule is CN(C(=O)[C@H]1C[C@H]1C(=O)O)C1Cc2ccccc2C1. The van der Waals surface area contributed by atoms with Crippen LogP contribution in [0.15, 0.2) is 24.3 Å². The van der Waals surface area contributed by atoms with Crippen LogP contribution < -0.4 is 0 Å². The number of carbonyl (C=O) groups is 2. The van der Waals surface area contributed by atoms with Crippen molar-refractivity contribution in [3.05, 3.63) is 35.4 Å². The van der Waals surface area contributed by atoms with Crippen molar-refractivity contribution in [2.45, 2.75) is 25.3 Å². The molecular weight excluding hydrogens is 242 g/mol. The van der Waals surface area contributed by atoms with E-state index >= 15 is 0 Å². The first-order valence-corrected chi connectivity index (χ1v) is 6.64. The number of hydrogen-bond donors (Lipinski definition) is 1. The molecule has 4 nitrogen and oxygen atoms in total. The van der Waals surface area contributed by atoms with Gasteiger partial charge in [0.05, 0.1) is 11.8 Å². The third kappa shape index (κ3) is 2.11. The summed E-state index contributed by atoms with van der Waals surface area (Å²) in [7, 11) is 1.80. The molecule has 0 spiro atoms. The zero-order chi connectivity index (χ0) is 13.6. The Morgan fingerprint density at radius 2 is 1.74 bits per heavy atom. The zero-order valence-electron chi connectivity index (χ0n) is 10.9. The fourth-order valence-electron chi connectivity index (χ4n) is 2.99. The van der Waals surface area contributed by atoms with Crippen molar-refractivity contribution in [3.63, 3.8) is 0 Å². The van der Waals surface area contributed by atoms with Crippen LogP contribution in [0.1, 0.15) is 17.5 Å². The summed E-state index contributed by atoms with van der Waals surface area (Å²) in [5.41, 5.74) is 2.61. The minimum atomic E-state index is -0.846. The number of aliphatic carboxylic acids is 1. The highest BCUT2D eigenvalue weighted by atomic mass is 16.4. The van der Waals surface area contributed by atoms with Gasteiger partial charge in [-0.05, 0) is 30.4 Å². The highest BCUT2D eigenvalue weighted by Crippen LogP contribution is 2.40. The van der Waals surface area contributed by atoms with E-state index < -0.39 is 11.9 Å². The largest absolute Gasteiger partial charge is 0.481 e. The first kappa shape index (κ1) is 12.2.